The first kappa shape index (κ1) is 16.7. The van der Waals surface area contributed by atoms with Gasteiger partial charge < -0.3 is 9.47 Å². The molecule has 4 rings (SSSR count). The fraction of sp³-hybridized carbons (Fsp3) is 0.263. The van der Waals surface area contributed by atoms with Crippen LogP contribution in [0.25, 0.3) is 11.6 Å². The van der Waals surface area contributed by atoms with Crippen LogP contribution in [0.5, 0.6) is 11.5 Å². The van der Waals surface area contributed by atoms with Crippen LogP contribution < -0.4 is 9.47 Å². The number of halogens is 1. The highest BCUT2D eigenvalue weighted by Gasteiger charge is 2.40. The molecule has 3 aromatic rings. The van der Waals surface area contributed by atoms with E-state index in [1.807, 2.05) is 24.5 Å². The van der Waals surface area contributed by atoms with Crippen molar-refractivity contribution in [2.24, 2.45) is 0 Å². The van der Waals surface area contributed by atoms with Crippen molar-refractivity contribution in [1.82, 2.24) is 19.9 Å². The molecule has 0 aliphatic heterocycles. The predicted octanol–water partition coefficient (Wildman–Crippen LogP) is 3.88. The number of benzene rings is 1. The van der Waals surface area contributed by atoms with Crippen molar-refractivity contribution in [3.8, 4) is 23.1 Å². The smallest absolute Gasteiger partial charge is 0.197 e. The van der Waals surface area contributed by atoms with Gasteiger partial charge in [0, 0.05) is 24.8 Å². The zero-order valence-corrected chi connectivity index (χ0v) is 15.1. The average Bonchev–Trinajstić information content (AvgIpc) is 3.50. The van der Waals surface area contributed by atoms with E-state index in [0.717, 1.165) is 17.5 Å². The molecule has 1 fully saturated rings. The third kappa shape index (κ3) is 3.08. The zero-order valence-electron chi connectivity index (χ0n) is 14.4. The molecule has 2 unspecified atom stereocenters. The largest absolute Gasteiger partial charge is 0.495 e. The van der Waals surface area contributed by atoms with Gasteiger partial charge in [-0.05, 0) is 47.6 Å². The molecule has 26 heavy (non-hydrogen) atoms. The van der Waals surface area contributed by atoms with Crippen molar-refractivity contribution in [3.05, 3.63) is 59.1 Å². The fourth-order valence-corrected chi connectivity index (χ4v) is 3.36. The first-order valence-corrected chi connectivity index (χ1v) is 8.59. The third-order valence-electron chi connectivity index (χ3n) is 4.55. The van der Waals surface area contributed by atoms with E-state index < -0.39 is 0 Å². The molecular formula is C19H17ClN4O2. The van der Waals surface area contributed by atoms with Crippen LogP contribution >= 0.6 is 11.6 Å². The lowest BCUT2D eigenvalue weighted by molar-refractivity contribution is 0.394. The molecule has 1 saturated carbocycles. The summed E-state index contributed by atoms with van der Waals surface area (Å²) in [5.41, 5.74) is 2.24. The van der Waals surface area contributed by atoms with Crippen LogP contribution in [0.2, 0.25) is 5.02 Å². The molecular weight excluding hydrogens is 352 g/mol. The van der Waals surface area contributed by atoms with Gasteiger partial charge in [-0.25, -0.2) is 19.9 Å². The molecule has 0 saturated heterocycles. The van der Waals surface area contributed by atoms with E-state index in [4.69, 9.17) is 21.1 Å². The minimum absolute atomic E-state index is 0.372. The summed E-state index contributed by atoms with van der Waals surface area (Å²) in [4.78, 5) is 17.2. The average molecular weight is 369 g/mol. The molecule has 1 aliphatic carbocycles. The van der Waals surface area contributed by atoms with Gasteiger partial charge in [0.2, 0.25) is 0 Å². The van der Waals surface area contributed by atoms with Crippen LogP contribution in [-0.2, 0) is 0 Å². The Kier molecular flexibility index (Phi) is 4.42. The fourth-order valence-electron chi connectivity index (χ4n) is 3.10. The molecule has 7 heteroatoms. The number of aromatic nitrogens is 4. The Morgan fingerprint density at radius 1 is 0.846 bits per heavy atom. The third-order valence-corrected chi connectivity index (χ3v) is 4.92. The number of hydrogen-bond acceptors (Lipinski definition) is 6. The zero-order chi connectivity index (χ0) is 18.1. The monoisotopic (exact) mass is 368 g/mol. The second kappa shape index (κ2) is 6.88. The summed E-state index contributed by atoms with van der Waals surface area (Å²) in [6, 6.07) is 5.71. The van der Waals surface area contributed by atoms with E-state index in [0.29, 0.717) is 40.0 Å². The molecule has 1 aliphatic rings. The Morgan fingerprint density at radius 3 is 1.96 bits per heavy atom. The SMILES string of the molecule is COc1cc(C2CC2c2cnc(-c3ncccn3)nc2)cc(OC)c1Cl. The molecule has 2 atom stereocenters. The molecule has 0 N–H and O–H groups in total. The van der Waals surface area contributed by atoms with Gasteiger partial charge in [0.25, 0.3) is 0 Å². The summed E-state index contributed by atoms with van der Waals surface area (Å²) in [6.45, 7) is 0. The topological polar surface area (TPSA) is 70.0 Å². The second-order valence-electron chi connectivity index (χ2n) is 6.10. The van der Waals surface area contributed by atoms with E-state index in [1.165, 1.54) is 0 Å². The quantitative estimate of drug-likeness (QED) is 0.680. The van der Waals surface area contributed by atoms with Crippen LogP contribution in [0.15, 0.2) is 43.0 Å². The number of rotatable bonds is 5. The molecule has 0 radical (unpaired) electrons. The van der Waals surface area contributed by atoms with Crippen molar-refractivity contribution in [3.63, 3.8) is 0 Å². The minimum atomic E-state index is 0.372. The molecule has 6 nitrogen and oxygen atoms in total. The lowest BCUT2D eigenvalue weighted by Gasteiger charge is -2.11. The maximum atomic E-state index is 6.25. The van der Waals surface area contributed by atoms with Gasteiger partial charge >= 0.3 is 0 Å². The van der Waals surface area contributed by atoms with Crippen molar-refractivity contribution >= 4 is 11.6 Å². The van der Waals surface area contributed by atoms with Crippen molar-refractivity contribution in [2.45, 2.75) is 18.3 Å². The molecule has 2 heterocycles. The lowest BCUT2D eigenvalue weighted by atomic mass is 10.1. The highest BCUT2D eigenvalue weighted by Crippen LogP contribution is 2.56. The maximum Gasteiger partial charge on any atom is 0.197 e. The summed E-state index contributed by atoms with van der Waals surface area (Å²) in [6.07, 6.45) is 8.09. The number of nitrogens with zero attached hydrogens (tertiary/aromatic N) is 4. The van der Waals surface area contributed by atoms with Crippen LogP contribution in [0.3, 0.4) is 0 Å². The van der Waals surface area contributed by atoms with Crippen LogP contribution in [-0.4, -0.2) is 34.2 Å². The summed E-state index contributed by atoms with van der Waals surface area (Å²) < 4.78 is 10.7. The van der Waals surface area contributed by atoms with Gasteiger partial charge in [-0.2, -0.15) is 0 Å². The molecule has 1 aromatic carbocycles. The second-order valence-corrected chi connectivity index (χ2v) is 6.48. The Labute approximate surface area is 156 Å². The first-order valence-electron chi connectivity index (χ1n) is 8.22. The maximum absolute atomic E-state index is 6.25. The number of ether oxygens (including phenoxy) is 2. The minimum Gasteiger partial charge on any atom is -0.495 e. The molecule has 132 valence electrons. The number of hydrogen-bond donors (Lipinski definition) is 0. The highest BCUT2D eigenvalue weighted by molar-refractivity contribution is 6.33. The Morgan fingerprint density at radius 2 is 1.38 bits per heavy atom. The van der Waals surface area contributed by atoms with E-state index >= 15 is 0 Å². The summed E-state index contributed by atoms with van der Waals surface area (Å²) >= 11 is 6.25. The Balaban J connectivity index is 1.55. The van der Waals surface area contributed by atoms with E-state index in [1.54, 1.807) is 32.7 Å². The summed E-state index contributed by atoms with van der Waals surface area (Å²) in [5, 5.41) is 0.492. The van der Waals surface area contributed by atoms with Gasteiger partial charge in [0.1, 0.15) is 16.5 Å². The molecule has 0 bridgehead atoms. The van der Waals surface area contributed by atoms with Gasteiger partial charge in [0.05, 0.1) is 14.2 Å². The molecule has 0 spiro atoms. The highest BCUT2D eigenvalue weighted by atomic mass is 35.5. The summed E-state index contributed by atoms with van der Waals surface area (Å²) in [5.74, 6) is 3.05. The van der Waals surface area contributed by atoms with Gasteiger partial charge in [-0.1, -0.05) is 11.6 Å². The van der Waals surface area contributed by atoms with E-state index in [9.17, 15) is 0 Å². The van der Waals surface area contributed by atoms with Crippen LogP contribution in [0.4, 0.5) is 0 Å². The summed E-state index contributed by atoms with van der Waals surface area (Å²) in [7, 11) is 3.21. The Bertz CT molecular complexity index is 894. The first-order chi connectivity index (χ1) is 12.7. The molecule has 2 aromatic heterocycles. The van der Waals surface area contributed by atoms with Crippen molar-refractivity contribution in [1.29, 1.82) is 0 Å². The van der Waals surface area contributed by atoms with Crippen LogP contribution in [0, 0.1) is 0 Å². The number of methoxy groups -OCH3 is 2. The standard InChI is InChI=1S/C19H17ClN4O2/c1-25-15-6-11(7-16(26-2)17(15)20)13-8-14(13)12-9-23-19(24-10-12)18-21-4-3-5-22-18/h3-7,9-10,13-14H,8H2,1-2H3. The normalized spacial score (nSPS) is 18.4. The molecule has 0 amide bonds. The van der Waals surface area contributed by atoms with Crippen molar-refractivity contribution < 1.29 is 9.47 Å². The van der Waals surface area contributed by atoms with Gasteiger partial charge in [-0.3, -0.25) is 0 Å². The lowest BCUT2D eigenvalue weighted by Crippen LogP contribution is -1.96. The van der Waals surface area contributed by atoms with Gasteiger partial charge in [0.15, 0.2) is 11.6 Å². The van der Waals surface area contributed by atoms with E-state index in [2.05, 4.69) is 19.9 Å². The predicted molar refractivity (Wildman–Crippen MR) is 97.7 cm³/mol. The van der Waals surface area contributed by atoms with Gasteiger partial charge in [-0.15, -0.1) is 0 Å². The van der Waals surface area contributed by atoms with Crippen LogP contribution in [0.1, 0.15) is 29.4 Å². The van der Waals surface area contributed by atoms with E-state index in [-0.39, 0.29) is 0 Å². The Hall–Kier alpha value is -2.73. The van der Waals surface area contributed by atoms with Crippen molar-refractivity contribution in [2.75, 3.05) is 14.2 Å².